The first-order valence-corrected chi connectivity index (χ1v) is 9.02. The number of carbonyl (C=O) groups is 1. The quantitative estimate of drug-likeness (QED) is 0.594. The van der Waals surface area contributed by atoms with E-state index in [0.717, 1.165) is 12.8 Å². The van der Waals surface area contributed by atoms with Crippen LogP contribution in [0.5, 0.6) is 11.5 Å². The van der Waals surface area contributed by atoms with Gasteiger partial charge in [-0.2, -0.15) is 0 Å². The maximum Gasteiger partial charge on any atom is 0.265 e. The highest BCUT2D eigenvalue weighted by atomic mass is 16.6. The summed E-state index contributed by atoms with van der Waals surface area (Å²) < 4.78 is 12.3. The summed E-state index contributed by atoms with van der Waals surface area (Å²) in [5, 5.41) is 10.1. The van der Waals surface area contributed by atoms with E-state index in [4.69, 9.17) is 14.5 Å². The molecule has 1 fully saturated rings. The van der Waals surface area contributed by atoms with Crippen LogP contribution >= 0.6 is 0 Å². The first kappa shape index (κ1) is 17.8. The number of ether oxygens (including phenoxy) is 2. The van der Waals surface area contributed by atoms with Gasteiger partial charge in [-0.3, -0.25) is 9.69 Å². The smallest absolute Gasteiger partial charge is 0.265 e. The summed E-state index contributed by atoms with van der Waals surface area (Å²) in [6.45, 7) is 2.40. The molecule has 0 aliphatic carbocycles. The molecule has 8 nitrogen and oxygen atoms in total. The van der Waals surface area contributed by atoms with Gasteiger partial charge in [0, 0.05) is 33.3 Å². The van der Waals surface area contributed by atoms with E-state index in [1.54, 1.807) is 36.5 Å². The van der Waals surface area contributed by atoms with Crippen LogP contribution < -0.4 is 4.74 Å². The van der Waals surface area contributed by atoms with Crippen molar-refractivity contribution < 1.29 is 19.4 Å². The Morgan fingerprint density at radius 1 is 1.44 bits per heavy atom. The van der Waals surface area contributed by atoms with Crippen molar-refractivity contribution >= 4 is 18.2 Å². The number of aliphatic imine (C=N–C) groups is 2. The van der Waals surface area contributed by atoms with Crippen LogP contribution in [0.3, 0.4) is 0 Å². The Labute approximate surface area is 158 Å². The van der Waals surface area contributed by atoms with E-state index >= 15 is 0 Å². The summed E-state index contributed by atoms with van der Waals surface area (Å²) in [4.78, 5) is 26.0. The molecule has 4 rings (SSSR count). The average Bonchev–Trinajstić information content (AvgIpc) is 2.88. The third-order valence-corrected chi connectivity index (χ3v) is 5.55. The van der Waals surface area contributed by atoms with Crippen molar-refractivity contribution in [3.05, 3.63) is 23.8 Å². The number of carbonyl (C=O) groups excluding carboxylic acids is 1. The summed E-state index contributed by atoms with van der Waals surface area (Å²) >= 11 is 0. The lowest BCUT2D eigenvalue weighted by atomic mass is 9.68. The highest BCUT2D eigenvalue weighted by Crippen LogP contribution is 2.55. The first-order valence-electron chi connectivity index (χ1n) is 9.02. The third-order valence-electron chi connectivity index (χ3n) is 5.55. The average molecular weight is 372 g/mol. The highest BCUT2D eigenvalue weighted by Gasteiger charge is 2.68. The highest BCUT2D eigenvalue weighted by molar-refractivity contribution is 6.10. The zero-order valence-electron chi connectivity index (χ0n) is 16.0. The van der Waals surface area contributed by atoms with E-state index in [9.17, 15) is 9.90 Å². The predicted molar refractivity (Wildman–Crippen MR) is 100 cm³/mol. The fourth-order valence-electron chi connectivity index (χ4n) is 4.14. The van der Waals surface area contributed by atoms with Gasteiger partial charge in [0.15, 0.2) is 0 Å². The summed E-state index contributed by atoms with van der Waals surface area (Å²) in [7, 11) is 5.35. The molecule has 144 valence electrons. The molecule has 0 aromatic heterocycles. The largest absolute Gasteiger partial charge is 0.508 e. The summed E-state index contributed by atoms with van der Waals surface area (Å²) in [5.41, 5.74) is -1.83. The van der Waals surface area contributed by atoms with Crippen LogP contribution in [0.25, 0.3) is 0 Å². The molecule has 3 heterocycles. The molecule has 0 radical (unpaired) electrons. The number of nitrogens with zero attached hydrogens (tertiary/aromatic N) is 4. The van der Waals surface area contributed by atoms with Crippen LogP contribution in [-0.2, 0) is 15.1 Å². The molecule has 27 heavy (non-hydrogen) atoms. The van der Waals surface area contributed by atoms with Gasteiger partial charge in [0.1, 0.15) is 23.2 Å². The van der Waals surface area contributed by atoms with Crippen molar-refractivity contribution in [1.82, 2.24) is 9.80 Å². The van der Waals surface area contributed by atoms with E-state index < -0.39 is 11.1 Å². The van der Waals surface area contributed by atoms with Gasteiger partial charge in [0.2, 0.25) is 11.5 Å². The molecular formula is C19H24N4O4. The van der Waals surface area contributed by atoms with Crippen molar-refractivity contribution in [2.24, 2.45) is 9.98 Å². The van der Waals surface area contributed by atoms with Gasteiger partial charge < -0.3 is 19.5 Å². The van der Waals surface area contributed by atoms with E-state index in [0.29, 0.717) is 23.9 Å². The lowest BCUT2D eigenvalue weighted by Crippen LogP contribution is -2.67. The molecule has 1 spiro atoms. The number of guanidine groups is 1. The third kappa shape index (κ3) is 2.36. The Balaban J connectivity index is 1.97. The van der Waals surface area contributed by atoms with Crippen LogP contribution in [0.2, 0.25) is 0 Å². The lowest BCUT2D eigenvalue weighted by Gasteiger charge is -2.52. The maximum atomic E-state index is 13.6. The van der Waals surface area contributed by atoms with Crippen LogP contribution in [0.1, 0.15) is 25.3 Å². The fourth-order valence-corrected chi connectivity index (χ4v) is 4.14. The second-order valence-corrected chi connectivity index (χ2v) is 7.58. The topological polar surface area (TPSA) is 87.0 Å². The molecule has 1 amide bonds. The number of phenolic OH excluding ortho intramolecular Hbond substituents is 1. The molecule has 3 aliphatic heterocycles. The van der Waals surface area contributed by atoms with Crippen molar-refractivity contribution in [2.75, 3.05) is 27.7 Å². The molecule has 1 aromatic carbocycles. The number of phenols is 1. The van der Waals surface area contributed by atoms with Gasteiger partial charge in [-0.05, 0) is 38.0 Å². The minimum Gasteiger partial charge on any atom is -0.508 e. The molecule has 1 aromatic rings. The predicted octanol–water partition coefficient (Wildman–Crippen LogP) is 1.34. The number of amides is 1. The van der Waals surface area contributed by atoms with Crippen molar-refractivity contribution in [2.45, 2.75) is 37.0 Å². The molecular weight excluding hydrogens is 348 g/mol. The second kappa shape index (κ2) is 5.95. The summed E-state index contributed by atoms with van der Waals surface area (Å²) in [6.07, 6.45) is 2.90. The summed E-state index contributed by atoms with van der Waals surface area (Å²) in [5.74, 6) is 0.659. The van der Waals surface area contributed by atoms with E-state index in [1.165, 1.54) is 4.90 Å². The van der Waals surface area contributed by atoms with Gasteiger partial charge >= 0.3 is 0 Å². The van der Waals surface area contributed by atoms with E-state index in [-0.39, 0.29) is 17.8 Å². The normalized spacial score (nSPS) is 32.3. The number of benzene rings is 1. The number of hydrogen-bond acceptors (Lipinski definition) is 6. The zero-order chi connectivity index (χ0) is 19.4. The lowest BCUT2D eigenvalue weighted by molar-refractivity contribution is -0.191. The van der Waals surface area contributed by atoms with Gasteiger partial charge in [0.25, 0.3) is 5.91 Å². The molecule has 0 bridgehead atoms. The minimum absolute atomic E-state index is 0.0467. The van der Waals surface area contributed by atoms with Gasteiger partial charge in [-0.15, -0.1) is 0 Å². The molecule has 0 saturated carbocycles. The molecule has 8 heteroatoms. The maximum absolute atomic E-state index is 13.6. The Morgan fingerprint density at radius 3 is 2.96 bits per heavy atom. The van der Waals surface area contributed by atoms with Crippen molar-refractivity contribution in [1.29, 1.82) is 0 Å². The van der Waals surface area contributed by atoms with E-state index in [1.807, 2.05) is 21.0 Å². The number of fused-ring (bicyclic) bond motifs is 4. The number of rotatable bonds is 1. The van der Waals surface area contributed by atoms with Crippen LogP contribution in [0.4, 0.5) is 0 Å². The second-order valence-electron chi connectivity index (χ2n) is 7.58. The van der Waals surface area contributed by atoms with Crippen LogP contribution in [-0.4, -0.2) is 72.6 Å². The molecule has 1 N–H and O–H groups in total. The number of likely N-dealkylation sites (N-methyl/N-ethyl adjacent to an activating group) is 1. The van der Waals surface area contributed by atoms with E-state index in [2.05, 4.69) is 4.99 Å². The van der Waals surface area contributed by atoms with Crippen molar-refractivity contribution in [3.8, 4) is 11.5 Å². The molecule has 3 aliphatic rings. The first-order chi connectivity index (χ1) is 12.8. The Morgan fingerprint density at radius 2 is 2.22 bits per heavy atom. The van der Waals surface area contributed by atoms with Gasteiger partial charge in [-0.25, -0.2) is 9.98 Å². The Bertz CT molecular complexity index is 852. The molecule has 3 atom stereocenters. The zero-order valence-corrected chi connectivity index (χ0v) is 16.0. The van der Waals surface area contributed by atoms with Crippen LogP contribution in [0, 0.1) is 0 Å². The van der Waals surface area contributed by atoms with Gasteiger partial charge in [0.05, 0.1) is 6.34 Å². The Kier molecular flexibility index (Phi) is 3.92. The SMILES string of the molecule is CN(C)C=NC1=N[C@@]2(C(=O)N1C)c1cc(O)ccc1O[C@H]1CCCO[C@@]12C. The van der Waals surface area contributed by atoms with Gasteiger partial charge in [-0.1, -0.05) is 0 Å². The Hall–Kier alpha value is -2.61. The van der Waals surface area contributed by atoms with Crippen molar-refractivity contribution in [3.63, 3.8) is 0 Å². The molecule has 0 unspecified atom stereocenters. The monoisotopic (exact) mass is 372 g/mol. The van der Waals surface area contributed by atoms with Crippen LogP contribution in [0.15, 0.2) is 28.2 Å². The number of aromatic hydroxyl groups is 1. The molecule has 1 saturated heterocycles. The minimum atomic E-state index is -1.35. The standard InChI is InChI=1S/C19H24N4O4/c1-18-15(6-5-9-26-18)27-14-8-7-12(24)10-13(14)19(18)16(25)23(4)17(21-19)20-11-22(2)3/h7-8,10-11,15,24H,5-6,9H2,1-4H3/t15-,18-,19+/m0/s1. The fraction of sp³-hybridized carbons (Fsp3) is 0.526. The number of hydrogen-bond donors (Lipinski definition) is 1. The summed E-state index contributed by atoms with van der Waals surface area (Å²) in [6, 6.07) is 4.78.